The van der Waals surface area contributed by atoms with Crippen LogP contribution in [0.3, 0.4) is 0 Å². The van der Waals surface area contributed by atoms with E-state index in [1.54, 1.807) is 0 Å². The second kappa shape index (κ2) is 4.56. The Kier molecular flexibility index (Phi) is 1.48. The van der Waals surface area contributed by atoms with Crippen LogP contribution in [0.15, 0.2) is 24.3 Å². The third kappa shape index (κ3) is 1.76. The number of carbonyl (C=O) groups excluding carboxylic acids is 1. The predicted molar refractivity (Wildman–Crippen MR) is 65.7 cm³/mol. The highest BCUT2D eigenvalue weighted by Gasteiger charge is 2.40. The van der Waals surface area contributed by atoms with E-state index in [2.05, 4.69) is 0 Å². The smallest absolute Gasteiger partial charge is 0.157 e. The molecule has 0 aromatic heterocycles. The molecule has 1 saturated carbocycles. The zero-order valence-corrected chi connectivity index (χ0v) is 9.21. The number of Topliss-reactive ketones (excluding diaryl/α,β-unsaturated/α-hetero) is 1. The minimum Gasteiger partial charge on any atom is -0.304 e. The molecule has 1 aliphatic carbocycles. The molecule has 86 valence electrons. The van der Waals surface area contributed by atoms with Gasteiger partial charge in [0.05, 0.1) is 0 Å². The summed E-state index contributed by atoms with van der Waals surface area (Å²) >= 11 is 6.09. The zero-order valence-electron chi connectivity index (χ0n) is 16.5. The predicted octanol–water partition coefficient (Wildman–Crippen LogP) is 2.90. The molecule has 16 heavy (non-hydrogen) atoms. The van der Waals surface area contributed by atoms with Crippen molar-refractivity contribution in [2.24, 2.45) is 0 Å². The van der Waals surface area contributed by atoms with Gasteiger partial charge in [-0.1, -0.05) is 36.2 Å². The Morgan fingerprint density at radius 3 is 3.12 bits per heavy atom. The molecule has 0 radical (unpaired) electrons. The van der Waals surface area contributed by atoms with Crippen LogP contribution in [0.4, 0.5) is 0 Å². The summed E-state index contributed by atoms with van der Waals surface area (Å²) in [6.07, 6.45) is -5.81. The monoisotopic (exact) mass is 245 g/mol. The third-order valence-corrected chi connectivity index (χ3v) is 2.88. The van der Waals surface area contributed by atoms with Gasteiger partial charge < -0.3 is 5.31 Å². The highest BCUT2D eigenvalue weighted by atomic mass is 35.5. The molecule has 1 atom stereocenters. The average molecular weight is 246 g/mol. The van der Waals surface area contributed by atoms with Gasteiger partial charge in [-0.25, -0.2) is 0 Å². The third-order valence-electron chi connectivity index (χ3n) is 2.55. The molecular weight excluding hydrogens is 222 g/mol. The number of rotatable bonds is 2. The van der Waals surface area contributed by atoms with Crippen molar-refractivity contribution in [2.45, 2.75) is 31.1 Å². The van der Waals surface area contributed by atoms with E-state index in [1.807, 2.05) is 0 Å². The zero-order chi connectivity index (χ0) is 18.6. The SMILES string of the molecule is [2H]N(C([2H])([2H])[2H])C1(c2ccccc2Cl)C(=O)C([2H])([2H])CCC1([2H])[2H]. The molecule has 2 nitrogen and oxygen atoms in total. The second-order valence-electron chi connectivity index (χ2n) is 3.48. The molecule has 2 rings (SSSR count). The van der Waals surface area contributed by atoms with Gasteiger partial charge in [0.1, 0.15) is 6.95 Å². The van der Waals surface area contributed by atoms with Crippen molar-refractivity contribution in [3.8, 4) is 0 Å². The van der Waals surface area contributed by atoms with Crippen molar-refractivity contribution >= 4 is 17.4 Å². The fourth-order valence-electron chi connectivity index (χ4n) is 1.75. The highest BCUT2D eigenvalue weighted by Crippen LogP contribution is 2.37. The number of ketones is 1. The molecule has 1 unspecified atom stereocenters. The molecule has 1 aromatic carbocycles. The number of hydrogen-bond acceptors (Lipinski definition) is 2. The van der Waals surface area contributed by atoms with Gasteiger partial charge in [0, 0.05) is 21.0 Å². The lowest BCUT2D eigenvalue weighted by molar-refractivity contribution is -0.127. The maximum atomic E-state index is 12.9. The van der Waals surface area contributed by atoms with Crippen LogP contribution in [-0.4, -0.2) is 12.8 Å². The van der Waals surface area contributed by atoms with E-state index < -0.39 is 43.9 Å². The summed E-state index contributed by atoms with van der Waals surface area (Å²) in [5.41, 5.74) is -2.91. The van der Waals surface area contributed by atoms with Crippen molar-refractivity contribution in [3.05, 3.63) is 34.9 Å². The van der Waals surface area contributed by atoms with Crippen molar-refractivity contribution in [3.63, 3.8) is 0 Å². The van der Waals surface area contributed by atoms with Gasteiger partial charge in [-0.2, -0.15) is 0 Å². The van der Waals surface area contributed by atoms with Crippen molar-refractivity contribution in [2.75, 3.05) is 6.98 Å². The fourth-order valence-corrected chi connectivity index (χ4v) is 2.02. The minimum atomic E-state index is -3.16. The number of likely N-dealkylation sites (N-methyl/N-ethyl adjacent to an activating group) is 1. The maximum absolute atomic E-state index is 12.9. The van der Waals surface area contributed by atoms with Crippen LogP contribution in [0.1, 0.15) is 40.7 Å². The van der Waals surface area contributed by atoms with E-state index >= 15 is 0 Å². The van der Waals surface area contributed by atoms with Gasteiger partial charge in [0.15, 0.2) is 5.78 Å². The molecule has 1 N–H and O–H groups in total. The normalized spacial score (nSPS) is 40.5. The molecule has 1 fully saturated rings. The number of nitrogens with one attached hydrogen (secondary N) is 1. The van der Waals surface area contributed by atoms with Gasteiger partial charge in [-0.3, -0.25) is 4.79 Å². The van der Waals surface area contributed by atoms with Gasteiger partial charge in [0.25, 0.3) is 0 Å². The Morgan fingerprint density at radius 1 is 1.56 bits per heavy atom. The van der Waals surface area contributed by atoms with Gasteiger partial charge in [0.2, 0.25) is 0 Å². The van der Waals surface area contributed by atoms with E-state index in [1.165, 1.54) is 24.3 Å². The Bertz CT molecular complexity index is 662. The molecule has 0 bridgehead atoms. The van der Waals surface area contributed by atoms with E-state index in [9.17, 15) is 4.79 Å². The highest BCUT2D eigenvalue weighted by molar-refractivity contribution is 6.31. The first-order valence-electron chi connectivity index (χ1n) is 8.82. The quantitative estimate of drug-likeness (QED) is 0.868. The van der Waals surface area contributed by atoms with E-state index in [4.69, 9.17) is 22.6 Å². The van der Waals surface area contributed by atoms with Crippen molar-refractivity contribution in [1.82, 2.24) is 5.31 Å². The standard InChI is InChI=1S/C13H16ClNO/c1-15-13(9-5-4-8-12(13)16)10-6-2-3-7-11(10)14/h2-3,6-7,15H,4-5,8-9H2,1H3/i1D3,8D2,9D2/hD. The Labute approximate surface area is 112 Å². The van der Waals surface area contributed by atoms with E-state index in [-0.39, 0.29) is 15.9 Å². The summed E-state index contributed by atoms with van der Waals surface area (Å²) in [6, 6.07) is 5.55. The van der Waals surface area contributed by atoms with Crippen LogP contribution in [-0.2, 0) is 10.3 Å². The topological polar surface area (TPSA) is 29.1 Å². The van der Waals surface area contributed by atoms with Crippen molar-refractivity contribution < 1.29 is 15.8 Å². The lowest BCUT2D eigenvalue weighted by atomic mass is 9.75. The number of carbonyl (C=O) groups is 1. The molecule has 0 amide bonds. The largest absolute Gasteiger partial charge is 0.304 e. The first kappa shape index (κ1) is 5.19. The van der Waals surface area contributed by atoms with Crippen LogP contribution >= 0.6 is 11.6 Å². The average Bonchev–Trinajstić information content (AvgIpc) is 2.45. The number of halogens is 1. The van der Waals surface area contributed by atoms with Crippen LogP contribution in [0.5, 0.6) is 0 Å². The number of benzene rings is 1. The molecule has 0 heterocycles. The summed E-state index contributed by atoms with van der Waals surface area (Å²) in [4.78, 5) is 12.9. The summed E-state index contributed by atoms with van der Waals surface area (Å²) in [5.74, 6) is -1.31. The van der Waals surface area contributed by atoms with Gasteiger partial charge in [-0.05, 0) is 31.4 Å². The van der Waals surface area contributed by atoms with Gasteiger partial charge >= 0.3 is 0 Å². The lowest BCUT2D eigenvalue weighted by Gasteiger charge is -2.36. The van der Waals surface area contributed by atoms with Crippen molar-refractivity contribution in [1.29, 1.82) is 0 Å². The lowest BCUT2D eigenvalue weighted by Crippen LogP contribution is -2.49. The molecule has 3 heteroatoms. The summed E-state index contributed by atoms with van der Waals surface area (Å²) in [6.45, 7) is -3.16. The maximum Gasteiger partial charge on any atom is 0.157 e. The molecule has 1 aromatic rings. The summed E-state index contributed by atoms with van der Waals surface area (Å²) in [7, 11) is 0. The fraction of sp³-hybridized carbons (Fsp3) is 0.462. The Balaban J connectivity index is 2.89. The minimum absolute atomic E-state index is 0.103. The molecule has 0 aliphatic heterocycles. The summed E-state index contributed by atoms with van der Waals surface area (Å²) < 4.78 is 62.9. The van der Waals surface area contributed by atoms with Crippen LogP contribution in [0, 0.1) is 0 Å². The van der Waals surface area contributed by atoms with E-state index in [0.717, 1.165) is 0 Å². The molecule has 0 saturated heterocycles. The molecule has 0 spiro atoms. The summed E-state index contributed by atoms with van der Waals surface area (Å²) in [5, 5.41) is -0.213. The Morgan fingerprint density at radius 2 is 2.38 bits per heavy atom. The Hall–Kier alpha value is -0.860. The molecular formula is C13H16ClNO. The van der Waals surface area contributed by atoms with E-state index in [0.29, 0.717) is 0 Å². The van der Waals surface area contributed by atoms with Crippen LogP contribution in [0.25, 0.3) is 0 Å². The van der Waals surface area contributed by atoms with Crippen LogP contribution < -0.4 is 5.31 Å². The van der Waals surface area contributed by atoms with Gasteiger partial charge in [-0.15, -0.1) is 0 Å². The first-order valence-corrected chi connectivity index (χ1v) is 5.25. The number of hydrogen-bond donors (Lipinski definition) is 1. The first-order chi connectivity index (χ1) is 10.8. The molecule has 1 aliphatic rings. The second-order valence-corrected chi connectivity index (χ2v) is 3.89. The van der Waals surface area contributed by atoms with Crippen LogP contribution in [0.2, 0.25) is 6.43 Å².